The topological polar surface area (TPSA) is 43.2 Å². The molecule has 0 heterocycles. The molecule has 4 nitrogen and oxygen atoms in total. The standard InChI is InChI=1S/C18H17FN2O2/c1-3-10-23-18-9-6-15(11-17(18)19)13-21-20-12-14-4-7-16(22-2)8-5-14/h3-9,11-13H,1,10H2,2H3. The van der Waals surface area contributed by atoms with E-state index in [0.717, 1.165) is 11.3 Å². The molecular formula is C18H17FN2O2. The quantitative estimate of drug-likeness (QED) is 0.443. The van der Waals surface area contributed by atoms with Crippen molar-refractivity contribution in [3.05, 3.63) is 72.1 Å². The minimum Gasteiger partial charge on any atom is -0.497 e. The van der Waals surface area contributed by atoms with Crippen LogP contribution in [0, 0.1) is 5.82 Å². The first-order chi connectivity index (χ1) is 11.2. The molecule has 0 N–H and O–H groups in total. The smallest absolute Gasteiger partial charge is 0.165 e. The van der Waals surface area contributed by atoms with E-state index in [1.165, 1.54) is 12.3 Å². The van der Waals surface area contributed by atoms with Gasteiger partial charge in [0.1, 0.15) is 12.4 Å². The first-order valence-electron chi connectivity index (χ1n) is 6.96. The second-order valence-corrected chi connectivity index (χ2v) is 4.55. The van der Waals surface area contributed by atoms with Crippen LogP contribution in [0.3, 0.4) is 0 Å². The van der Waals surface area contributed by atoms with E-state index >= 15 is 0 Å². The number of hydrogen-bond acceptors (Lipinski definition) is 4. The second-order valence-electron chi connectivity index (χ2n) is 4.55. The van der Waals surface area contributed by atoms with Gasteiger partial charge in [-0.3, -0.25) is 0 Å². The highest BCUT2D eigenvalue weighted by Crippen LogP contribution is 2.17. The van der Waals surface area contributed by atoms with Gasteiger partial charge in [0, 0.05) is 0 Å². The van der Waals surface area contributed by atoms with E-state index < -0.39 is 5.82 Å². The average Bonchev–Trinajstić information content (AvgIpc) is 2.58. The Labute approximate surface area is 134 Å². The van der Waals surface area contributed by atoms with Crippen molar-refractivity contribution < 1.29 is 13.9 Å². The second kappa shape index (κ2) is 8.48. The van der Waals surface area contributed by atoms with E-state index in [2.05, 4.69) is 16.8 Å². The van der Waals surface area contributed by atoms with Crippen molar-refractivity contribution in [3.63, 3.8) is 0 Å². The molecule has 0 aliphatic rings. The number of rotatable bonds is 7. The SMILES string of the molecule is C=CCOc1ccc(C=NN=Cc2ccc(OC)cc2)cc1F. The summed E-state index contributed by atoms with van der Waals surface area (Å²) < 4.78 is 24.0. The summed E-state index contributed by atoms with van der Waals surface area (Å²) >= 11 is 0. The van der Waals surface area contributed by atoms with Crippen LogP contribution in [0.15, 0.2) is 65.3 Å². The molecule has 118 valence electrons. The number of benzene rings is 2. The summed E-state index contributed by atoms with van der Waals surface area (Å²) in [6, 6.07) is 12.0. The van der Waals surface area contributed by atoms with Crippen LogP contribution in [0.4, 0.5) is 4.39 Å². The first-order valence-corrected chi connectivity index (χ1v) is 6.96. The van der Waals surface area contributed by atoms with Gasteiger partial charge in [0.05, 0.1) is 19.5 Å². The molecule has 0 aromatic heterocycles. The normalized spacial score (nSPS) is 11.0. The molecule has 0 amide bonds. The Morgan fingerprint density at radius 2 is 1.70 bits per heavy atom. The summed E-state index contributed by atoms with van der Waals surface area (Å²) in [7, 11) is 1.61. The van der Waals surface area contributed by atoms with Crippen LogP contribution in [-0.2, 0) is 0 Å². The highest BCUT2D eigenvalue weighted by Gasteiger charge is 2.02. The van der Waals surface area contributed by atoms with Crippen LogP contribution < -0.4 is 9.47 Å². The molecule has 0 radical (unpaired) electrons. The Balaban J connectivity index is 1.97. The largest absolute Gasteiger partial charge is 0.497 e. The van der Waals surface area contributed by atoms with Gasteiger partial charge in [-0.15, -0.1) is 0 Å². The predicted octanol–water partition coefficient (Wildman–Crippen LogP) is 3.85. The molecule has 0 unspecified atom stereocenters. The number of ether oxygens (including phenoxy) is 2. The summed E-state index contributed by atoms with van der Waals surface area (Å²) in [5, 5.41) is 7.83. The molecule has 0 aliphatic carbocycles. The maximum atomic E-state index is 13.7. The fourth-order valence-corrected chi connectivity index (χ4v) is 1.75. The lowest BCUT2D eigenvalue weighted by molar-refractivity contribution is 0.342. The summed E-state index contributed by atoms with van der Waals surface area (Å²) in [5.41, 5.74) is 1.49. The van der Waals surface area contributed by atoms with Crippen molar-refractivity contribution in [2.75, 3.05) is 13.7 Å². The number of hydrogen-bond donors (Lipinski definition) is 0. The maximum Gasteiger partial charge on any atom is 0.165 e. The highest BCUT2D eigenvalue weighted by molar-refractivity contribution is 5.82. The van der Waals surface area contributed by atoms with Gasteiger partial charge >= 0.3 is 0 Å². The third-order valence-corrected chi connectivity index (χ3v) is 2.91. The van der Waals surface area contributed by atoms with Crippen molar-refractivity contribution >= 4 is 12.4 Å². The summed E-state index contributed by atoms with van der Waals surface area (Å²) in [6.07, 6.45) is 4.64. The van der Waals surface area contributed by atoms with E-state index in [-0.39, 0.29) is 12.4 Å². The third kappa shape index (κ3) is 5.07. The average molecular weight is 312 g/mol. The predicted molar refractivity (Wildman–Crippen MR) is 90.3 cm³/mol. The van der Waals surface area contributed by atoms with Crippen LogP contribution >= 0.6 is 0 Å². The number of nitrogens with zero attached hydrogens (tertiary/aromatic N) is 2. The molecule has 0 spiro atoms. The Morgan fingerprint density at radius 1 is 1.04 bits per heavy atom. The monoisotopic (exact) mass is 312 g/mol. The van der Waals surface area contributed by atoms with Crippen LogP contribution in [0.5, 0.6) is 11.5 Å². The minimum atomic E-state index is -0.449. The molecule has 2 aromatic rings. The third-order valence-electron chi connectivity index (χ3n) is 2.91. The molecule has 0 saturated heterocycles. The molecule has 5 heteroatoms. The zero-order valence-electron chi connectivity index (χ0n) is 12.8. The van der Waals surface area contributed by atoms with Crippen molar-refractivity contribution in [3.8, 4) is 11.5 Å². The van der Waals surface area contributed by atoms with Gasteiger partial charge in [-0.25, -0.2) is 4.39 Å². The van der Waals surface area contributed by atoms with Gasteiger partial charge in [0.25, 0.3) is 0 Å². The van der Waals surface area contributed by atoms with E-state index in [1.54, 1.807) is 31.5 Å². The van der Waals surface area contributed by atoms with Gasteiger partial charge in [-0.05, 0) is 53.6 Å². The van der Waals surface area contributed by atoms with Gasteiger partial charge in [0.2, 0.25) is 0 Å². The Morgan fingerprint density at radius 3 is 2.30 bits per heavy atom. The summed E-state index contributed by atoms with van der Waals surface area (Å²) in [6.45, 7) is 3.78. The lowest BCUT2D eigenvalue weighted by Gasteiger charge is -2.04. The van der Waals surface area contributed by atoms with Crippen LogP contribution in [-0.4, -0.2) is 26.1 Å². The minimum absolute atomic E-state index is 0.184. The summed E-state index contributed by atoms with van der Waals surface area (Å²) in [5.74, 6) is 0.513. The fraction of sp³-hybridized carbons (Fsp3) is 0.111. The first kappa shape index (κ1) is 16.4. The molecule has 0 fully saturated rings. The molecule has 0 bridgehead atoms. The lowest BCUT2D eigenvalue weighted by atomic mass is 10.2. The zero-order valence-corrected chi connectivity index (χ0v) is 12.8. The van der Waals surface area contributed by atoms with Gasteiger partial charge in [-0.1, -0.05) is 12.7 Å². The van der Waals surface area contributed by atoms with Gasteiger partial charge in [-0.2, -0.15) is 10.2 Å². The highest BCUT2D eigenvalue weighted by atomic mass is 19.1. The number of methoxy groups -OCH3 is 1. The molecule has 2 aromatic carbocycles. The number of halogens is 1. The molecule has 2 rings (SSSR count). The lowest BCUT2D eigenvalue weighted by Crippen LogP contribution is -1.96. The van der Waals surface area contributed by atoms with Crippen molar-refractivity contribution in [2.24, 2.45) is 10.2 Å². The van der Waals surface area contributed by atoms with E-state index in [0.29, 0.717) is 5.56 Å². The van der Waals surface area contributed by atoms with E-state index in [9.17, 15) is 4.39 Å². The maximum absolute atomic E-state index is 13.7. The van der Waals surface area contributed by atoms with E-state index in [4.69, 9.17) is 9.47 Å². The molecule has 0 atom stereocenters. The molecule has 0 aliphatic heterocycles. The summed E-state index contributed by atoms with van der Waals surface area (Å²) in [4.78, 5) is 0. The van der Waals surface area contributed by atoms with Gasteiger partial charge < -0.3 is 9.47 Å². The Kier molecular flexibility index (Phi) is 6.06. The van der Waals surface area contributed by atoms with Crippen molar-refractivity contribution in [2.45, 2.75) is 0 Å². The van der Waals surface area contributed by atoms with Crippen LogP contribution in [0.2, 0.25) is 0 Å². The molecular weight excluding hydrogens is 295 g/mol. The van der Waals surface area contributed by atoms with Crippen molar-refractivity contribution in [1.29, 1.82) is 0 Å². The molecule has 23 heavy (non-hydrogen) atoms. The van der Waals surface area contributed by atoms with E-state index in [1.807, 2.05) is 24.3 Å². The Hall–Kier alpha value is -2.95. The zero-order chi connectivity index (χ0) is 16.5. The molecule has 0 saturated carbocycles. The van der Waals surface area contributed by atoms with Crippen LogP contribution in [0.25, 0.3) is 0 Å². The van der Waals surface area contributed by atoms with Crippen LogP contribution in [0.1, 0.15) is 11.1 Å². The fourth-order valence-electron chi connectivity index (χ4n) is 1.75. The van der Waals surface area contributed by atoms with Gasteiger partial charge in [0.15, 0.2) is 11.6 Å². The van der Waals surface area contributed by atoms with Crippen molar-refractivity contribution in [1.82, 2.24) is 0 Å². The Bertz CT molecular complexity index is 709.